The topological polar surface area (TPSA) is 23.5 Å². The molecule has 0 saturated carbocycles. The molecule has 0 rings (SSSR count). The highest BCUT2D eigenvalue weighted by atomic mass is 16.2. The summed E-state index contributed by atoms with van der Waals surface area (Å²) in [6.07, 6.45) is 45.3. The van der Waals surface area contributed by atoms with Crippen molar-refractivity contribution in [2.75, 3.05) is 26.2 Å². The van der Waals surface area contributed by atoms with Crippen LogP contribution in [0, 0.1) is 0 Å². The van der Waals surface area contributed by atoms with Crippen LogP contribution in [0.25, 0.3) is 0 Å². The molecule has 0 aromatic carbocycles. The summed E-state index contributed by atoms with van der Waals surface area (Å²) in [4.78, 5) is 2.78. The predicted octanol–water partition coefficient (Wildman–Crippen LogP) is 12.8. The second-order valence-corrected chi connectivity index (χ2v) is 13.2. The Morgan fingerprint density at radius 1 is 0.275 bits per heavy atom. The summed E-state index contributed by atoms with van der Waals surface area (Å²) >= 11 is 0. The quantitative estimate of drug-likeness (QED) is 0.0763. The van der Waals surface area contributed by atoms with E-state index in [1.165, 1.54) is 219 Å². The fourth-order valence-corrected chi connectivity index (χ4v) is 6.20. The minimum Gasteiger partial charge on any atom is -0.396 e. The Morgan fingerprint density at radius 2 is 0.475 bits per heavy atom. The fraction of sp³-hybridized carbons (Fsp3) is 1.00. The van der Waals surface area contributed by atoms with Crippen LogP contribution in [0.3, 0.4) is 0 Å². The molecule has 40 heavy (non-hydrogen) atoms. The van der Waals surface area contributed by atoms with E-state index >= 15 is 0 Å². The van der Waals surface area contributed by atoms with E-state index in [2.05, 4.69) is 18.7 Å². The lowest BCUT2D eigenvalue weighted by Crippen LogP contribution is -2.27. The number of hydrogen-bond acceptors (Lipinski definition) is 2. The highest BCUT2D eigenvalue weighted by molar-refractivity contribution is 4.61. The first-order valence-electron chi connectivity index (χ1n) is 19.2. The smallest absolute Gasteiger partial charge is 0.0431 e. The maximum Gasteiger partial charge on any atom is 0.0431 e. The van der Waals surface area contributed by atoms with Crippen molar-refractivity contribution in [3.63, 3.8) is 0 Å². The van der Waals surface area contributed by atoms with Crippen LogP contribution in [0.15, 0.2) is 0 Å². The molecule has 0 radical (unpaired) electrons. The molecule has 2 heteroatoms. The van der Waals surface area contributed by atoms with Gasteiger partial charge in [0.25, 0.3) is 0 Å². The van der Waals surface area contributed by atoms with E-state index in [4.69, 9.17) is 5.11 Å². The van der Waals surface area contributed by atoms with Gasteiger partial charge in [0.2, 0.25) is 0 Å². The van der Waals surface area contributed by atoms with Crippen LogP contribution in [0.2, 0.25) is 0 Å². The predicted molar refractivity (Wildman–Crippen MR) is 183 cm³/mol. The maximum absolute atomic E-state index is 9.05. The second-order valence-electron chi connectivity index (χ2n) is 13.2. The van der Waals surface area contributed by atoms with Gasteiger partial charge in [-0.3, -0.25) is 0 Å². The zero-order valence-corrected chi connectivity index (χ0v) is 28.4. The molecule has 2 nitrogen and oxygen atoms in total. The lowest BCUT2D eigenvalue weighted by atomic mass is 10.0. The summed E-state index contributed by atoms with van der Waals surface area (Å²) in [5.74, 6) is 0. The van der Waals surface area contributed by atoms with Crippen LogP contribution in [-0.2, 0) is 0 Å². The number of rotatable bonds is 36. The summed E-state index contributed by atoms with van der Waals surface area (Å²) in [6.45, 7) is 8.89. The molecule has 0 atom stereocenters. The third-order valence-corrected chi connectivity index (χ3v) is 9.04. The van der Waals surface area contributed by atoms with Gasteiger partial charge < -0.3 is 10.0 Å². The third-order valence-electron chi connectivity index (χ3n) is 9.04. The molecule has 0 heterocycles. The molecule has 0 aromatic heterocycles. The Labute approximate surface area is 255 Å². The summed E-state index contributed by atoms with van der Waals surface area (Å²) in [6, 6.07) is 0. The van der Waals surface area contributed by atoms with Crippen LogP contribution >= 0.6 is 0 Å². The number of aliphatic hydroxyl groups is 1. The SMILES string of the molecule is CCCCCCCCCCCCCCCCN(CCCCCCO)CCCCCCCCCCCCCCCC. The van der Waals surface area contributed by atoms with Gasteiger partial charge in [0.05, 0.1) is 0 Å². The Morgan fingerprint density at radius 3 is 0.700 bits per heavy atom. The standard InChI is InChI=1S/C38H79NO/c1-3-5-7-9-11-13-15-17-19-21-23-25-27-31-35-39(37-33-29-30-34-38-40)36-32-28-26-24-22-20-18-16-14-12-10-8-6-4-2/h40H,3-38H2,1-2H3. The summed E-state index contributed by atoms with van der Waals surface area (Å²) in [7, 11) is 0. The average molecular weight is 566 g/mol. The Hall–Kier alpha value is -0.0800. The van der Waals surface area contributed by atoms with Gasteiger partial charge in [0.15, 0.2) is 0 Å². The largest absolute Gasteiger partial charge is 0.396 e. The molecule has 0 aliphatic heterocycles. The molecule has 0 unspecified atom stereocenters. The number of nitrogens with zero attached hydrogens (tertiary/aromatic N) is 1. The van der Waals surface area contributed by atoms with E-state index < -0.39 is 0 Å². The van der Waals surface area contributed by atoms with Crippen molar-refractivity contribution in [2.24, 2.45) is 0 Å². The van der Waals surface area contributed by atoms with Gasteiger partial charge in [0.1, 0.15) is 0 Å². The normalized spacial score (nSPS) is 11.7. The van der Waals surface area contributed by atoms with Crippen molar-refractivity contribution in [3.8, 4) is 0 Å². The molecule has 0 bridgehead atoms. The number of hydrogen-bond donors (Lipinski definition) is 1. The molecule has 0 aliphatic rings. The van der Waals surface area contributed by atoms with Gasteiger partial charge in [-0.2, -0.15) is 0 Å². The first-order valence-corrected chi connectivity index (χ1v) is 19.2. The van der Waals surface area contributed by atoms with Gasteiger partial charge in [-0.05, 0) is 45.3 Å². The molecule has 0 aromatic rings. The Kier molecular flexibility index (Phi) is 36.9. The molecule has 242 valence electrons. The van der Waals surface area contributed by atoms with E-state index in [0.29, 0.717) is 6.61 Å². The van der Waals surface area contributed by atoms with E-state index in [1.807, 2.05) is 0 Å². The Bertz CT molecular complexity index is 394. The van der Waals surface area contributed by atoms with Gasteiger partial charge >= 0.3 is 0 Å². The molecule has 0 spiro atoms. The summed E-state index contributed by atoms with van der Waals surface area (Å²) in [5, 5.41) is 9.05. The van der Waals surface area contributed by atoms with Gasteiger partial charge in [-0.25, -0.2) is 0 Å². The zero-order valence-electron chi connectivity index (χ0n) is 28.4. The first-order chi connectivity index (χ1) is 19.8. The van der Waals surface area contributed by atoms with E-state index in [9.17, 15) is 0 Å². The van der Waals surface area contributed by atoms with Gasteiger partial charge in [-0.15, -0.1) is 0 Å². The third kappa shape index (κ3) is 34.1. The van der Waals surface area contributed by atoms with Crippen molar-refractivity contribution in [1.29, 1.82) is 0 Å². The van der Waals surface area contributed by atoms with E-state index in [0.717, 1.165) is 6.42 Å². The molecular formula is C38H79NO. The molecular weight excluding hydrogens is 486 g/mol. The summed E-state index contributed by atoms with van der Waals surface area (Å²) < 4.78 is 0. The minimum atomic E-state index is 0.363. The Balaban J connectivity index is 3.69. The van der Waals surface area contributed by atoms with Crippen LogP contribution < -0.4 is 0 Å². The molecule has 0 saturated heterocycles. The fourth-order valence-electron chi connectivity index (χ4n) is 6.20. The average Bonchev–Trinajstić information content (AvgIpc) is 2.96. The van der Waals surface area contributed by atoms with Crippen molar-refractivity contribution in [1.82, 2.24) is 4.90 Å². The van der Waals surface area contributed by atoms with E-state index in [-0.39, 0.29) is 0 Å². The van der Waals surface area contributed by atoms with Crippen LogP contribution in [0.1, 0.15) is 219 Å². The van der Waals surface area contributed by atoms with Gasteiger partial charge in [0, 0.05) is 6.61 Å². The van der Waals surface area contributed by atoms with Crippen molar-refractivity contribution >= 4 is 0 Å². The lowest BCUT2D eigenvalue weighted by molar-refractivity contribution is 0.249. The monoisotopic (exact) mass is 566 g/mol. The molecule has 1 N–H and O–H groups in total. The number of aliphatic hydroxyl groups excluding tert-OH is 1. The van der Waals surface area contributed by atoms with Crippen LogP contribution in [-0.4, -0.2) is 36.2 Å². The van der Waals surface area contributed by atoms with E-state index in [1.54, 1.807) is 0 Å². The molecule has 0 amide bonds. The van der Waals surface area contributed by atoms with Crippen molar-refractivity contribution in [3.05, 3.63) is 0 Å². The van der Waals surface area contributed by atoms with Crippen molar-refractivity contribution < 1.29 is 5.11 Å². The second kappa shape index (κ2) is 36.9. The van der Waals surface area contributed by atoms with Crippen LogP contribution in [0.4, 0.5) is 0 Å². The lowest BCUT2D eigenvalue weighted by Gasteiger charge is -2.22. The first kappa shape index (κ1) is 39.9. The highest BCUT2D eigenvalue weighted by Crippen LogP contribution is 2.15. The van der Waals surface area contributed by atoms with Gasteiger partial charge in [-0.1, -0.05) is 194 Å². The maximum atomic E-state index is 9.05. The molecule has 0 fully saturated rings. The summed E-state index contributed by atoms with van der Waals surface area (Å²) in [5.41, 5.74) is 0. The molecule has 0 aliphatic carbocycles. The highest BCUT2D eigenvalue weighted by Gasteiger charge is 2.05. The minimum absolute atomic E-state index is 0.363. The van der Waals surface area contributed by atoms with Crippen molar-refractivity contribution in [2.45, 2.75) is 219 Å². The number of unbranched alkanes of at least 4 members (excludes halogenated alkanes) is 29. The zero-order chi connectivity index (χ0) is 29.0. The van der Waals surface area contributed by atoms with Crippen LogP contribution in [0.5, 0.6) is 0 Å².